The molecule has 0 aliphatic heterocycles. The molecule has 10 heteroatoms. The number of sulfonamides is 1. The maximum absolute atomic E-state index is 14.2. The lowest BCUT2D eigenvalue weighted by molar-refractivity contribution is -0.140. The number of anilines is 1. The fraction of sp³-hybridized carbons (Fsp3) is 0.355. The van der Waals surface area contributed by atoms with E-state index < -0.39 is 28.5 Å². The summed E-state index contributed by atoms with van der Waals surface area (Å²) < 4.78 is 32.4. The minimum absolute atomic E-state index is 0.0631. The first-order valence-electron chi connectivity index (χ1n) is 13.4. The minimum Gasteiger partial charge on any atom is -0.497 e. The zero-order chi connectivity index (χ0) is 30.2. The molecule has 0 fully saturated rings. The molecule has 0 bridgehead atoms. The Labute approximate surface area is 248 Å². The topological polar surface area (TPSA) is 96.0 Å². The molecule has 0 spiro atoms. The van der Waals surface area contributed by atoms with Crippen molar-refractivity contribution in [2.24, 2.45) is 0 Å². The second-order valence-corrected chi connectivity index (χ2v) is 12.4. The highest BCUT2D eigenvalue weighted by Gasteiger charge is 2.33. The Bertz CT molecular complexity index is 1450. The molecule has 0 saturated heterocycles. The van der Waals surface area contributed by atoms with Gasteiger partial charge in [-0.25, -0.2) is 8.42 Å². The zero-order valence-corrected chi connectivity index (χ0v) is 25.7. The average molecular weight is 600 g/mol. The summed E-state index contributed by atoms with van der Waals surface area (Å²) in [6.45, 7) is 5.17. The standard InChI is InChI=1S/C31H38ClN3O5S/c1-6-23(3)33-31(37)29(18-24-11-8-7-9-12-24)34(20-25-13-10-14-27(17-25)40-4)30(36)21-35(41(5,38)39)28-19-26(32)16-15-22(28)2/h7-17,19,23,29H,6,18,20-21H2,1-5H3,(H,33,37)/t23-,29-/m0/s1. The number of hydrogen-bond acceptors (Lipinski definition) is 5. The number of methoxy groups -OCH3 is 1. The molecule has 0 heterocycles. The van der Waals surface area contributed by atoms with Crippen molar-refractivity contribution in [1.82, 2.24) is 10.2 Å². The van der Waals surface area contributed by atoms with E-state index in [-0.39, 0.29) is 24.9 Å². The Morgan fingerprint density at radius 3 is 2.32 bits per heavy atom. The van der Waals surface area contributed by atoms with E-state index in [1.807, 2.05) is 50.2 Å². The lowest BCUT2D eigenvalue weighted by atomic mass is 10.0. The Morgan fingerprint density at radius 2 is 1.68 bits per heavy atom. The monoisotopic (exact) mass is 599 g/mol. The van der Waals surface area contributed by atoms with Gasteiger partial charge in [-0.2, -0.15) is 0 Å². The van der Waals surface area contributed by atoms with Crippen LogP contribution in [0.15, 0.2) is 72.8 Å². The summed E-state index contributed by atoms with van der Waals surface area (Å²) in [6, 6.07) is 20.5. The summed E-state index contributed by atoms with van der Waals surface area (Å²) in [5, 5.41) is 3.36. The fourth-order valence-corrected chi connectivity index (χ4v) is 5.47. The molecule has 0 radical (unpaired) electrons. The predicted octanol–water partition coefficient (Wildman–Crippen LogP) is 4.98. The van der Waals surface area contributed by atoms with E-state index in [0.29, 0.717) is 28.4 Å². The van der Waals surface area contributed by atoms with Crippen molar-refractivity contribution in [1.29, 1.82) is 0 Å². The van der Waals surface area contributed by atoms with Crippen molar-refractivity contribution >= 4 is 39.1 Å². The third-order valence-corrected chi connectivity index (χ3v) is 8.24. The van der Waals surface area contributed by atoms with Crippen LogP contribution in [0.1, 0.15) is 37.0 Å². The van der Waals surface area contributed by atoms with Gasteiger partial charge in [0.25, 0.3) is 0 Å². The van der Waals surface area contributed by atoms with Gasteiger partial charge < -0.3 is 15.0 Å². The van der Waals surface area contributed by atoms with Crippen molar-refractivity contribution in [3.05, 3.63) is 94.5 Å². The SMILES string of the molecule is CC[C@H](C)NC(=O)[C@H](Cc1ccccc1)N(Cc1cccc(OC)c1)C(=O)CN(c1cc(Cl)ccc1C)S(C)(=O)=O. The number of ether oxygens (including phenoxy) is 1. The van der Waals surface area contributed by atoms with Crippen LogP contribution in [-0.4, -0.2) is 57.1 Å². The van der Waals surface area contributed by atoms with Gasteiger partial charge >= 0.3 is 0 Å². The van der Waals surface area contributed by atoms with Crippen LogP contribution in [-0.2, 0) is 32.6 Å². The molecule has 0 aliphatic carbocycles. The van der Waals surface area contributed by atoms with Crippen LogP contribution in [0.3, 0.4) is 0 Å². The van der Waals surface area contributed by atoms with Crippen LogP contribution in [0.4, 0.5) is 5.69 Å². The van der Waals surface area contributed by atoms with Crippen molar-refractivity contribution in [3.63, 3.8) is 0 Å². The van der Waals surface area contributed by atoms with Gasteiger partial charge in [-0.1, -0.05) is 67.1 Å². The van der Waals surface area contributed by atoms with Crippen molar-refractivity contribution in [3.8, 4) is 5.75 Å². The Hall–Kier alpha value is -3.56. The summed E-state index contributed by atoms with van der Waals surface area (Å²) in [6.07, 6.45) is 2.00. The van der Waals surface area contributed by atoms with Crippen LogP contribution < -0.4 is 14.4 Å². The number of nitrogens with one attached hydrogen (secondary N) is 1. The lowest BCUT2D eigenvalue weighted by Crippen LogP contribution is -2.54. The van der Waals surface area contributed by atoms with E-state index in [9.17, 15) is 18.0 Å². The highest BCUT2D eigenvalue weighted by atomic mass is 35.5. The van der Waals surface area contributed by atoms with E-state index in [1.165, 1.54) is 11.0 Å². The first-order chi connectivity index (χ1) is 19.4. The molecule has 41 heavy (non-hydrogen) atoms. The Kier molecular flexibility index (Phi) is 11.2. The lowest BCUT2D eigenvalue weighted by Gasteiger charge is -2.34. The Balaban J connectivity index is 2.10. The fourth-order valence-electron chi connectivity index (χ4n) is 4.41. The molecule has 0 unspecified atom stereocenters. The number of aryl methyl sites for hydroxylation is 1. The number of carbonyl (C=O) groups excluding carboxylic acids is 2. The predicted molar refractivity (Wildman–Crippen MR) is 164 cm³/mol. The van der Waals surface area contributed by atoms with Crippen LogP contribution >= 0.6 is 11.6 Å². The third-order valence-electron chi connectivity index (χ3n) is 6.88. The van der Waals surface area contributed by atoms with Gasteiger partial charge in [-0.3, -0.25) is 13.9 Å². The van der Waals surface area contributed by atoms with E-state index in [1.54, 1.807) is 44.4 Å². The van der Waals surface area contributed by atoms with E-state index in [0.717, 1.165) is 21.7 Å². The van der Waals surface area contributed by atoms with Crippen molar-refractivity contribution in [2.75, 3.05) is 24.2 Å². The maximum Gasteiger partial charge on any atom is 0.244 e. The van der Waals surface area contributed by atoms with Crippen molar-refractivity contribution in [2.45, 2.75) is 52.2 Å². The Morgan fingerprint density at radius 1 is 1.00 bits per heavy atom. The van der Waals surface area contributed by atoms with Gasteiger partial charge in [0.15, 0.2) is 0 Å². The zero-order valence-electron chi connectivity index (χ0n) is 24.1. The number of rotatable bonds is 13. The molecule has 1 N–H and O–H groups in total. The summed E-state index contributed by atoms with van der Waals surface area (Å²) in [4.78, 5) is 29.4. The van der Waals surface area contributed by atoms with Crippen molar-refractivity contribution < 1.29 is 22.7 Å². The molecule has 0 aromatic heterocycles. The van der Waals surface area contributed by atoms with Gasteiger partial charge in [-0.05, 0) is 61.2 Å². The average Bonchev–Trinajstić information content (AvgIpc) is 2.94. The molecule has 3 aromatic rings. The van der Waals surface area contributed by atoms with Gasteiger partial charge in [0.05, 0.1) is 19.1 Å². The molecule has 0 saturated carbocycles. The quantitative estimate of drug-likeness (QED) is 0.299. The number of nitrogens with zero attached hydrogens (tertiary/aromatic N) is 2. The van der Waals surface area contributed by atoms with E-state index >= 15 is 0 Å². The van der Waals surface area contributed by atoms with E-state index in [2.05, 4.69) is 5.32 Å². The van der Waals surface area contributed by atoms with Gasteiger partial charge in [0, 0.05) is 24.0 Å². The van der Waals surface area contributed by atoms with E-state index in [4.69, 9.17) is 16.3 Å². The smallest absolute Gasteiger partial charge is 0.244 e. The third kappa shape index (κ3) is 8.96. The van der Waals surface area contributed by atoms with Gasteiger partial charge in [0.2, 0.25) is 21.8 Å². The highest BCUT2D eigenvalue weighted by molar-refractivity contribution is 7.92. The second kappa shape index (κ2) is 14.4. The highest BCUT2D eigenvalue weighted by Crippen LogP contribution is 2.27. The van der Waals surface area contributed by atoms with Gasteiger partial charge in [-0.15, -0.1) is 0 Å². The number of carbonyl (C=O) groups is 2. The molecular formula is C31H38ClN3O5S. The normalized spacial score (nSPS) is 12.7. The summed E-state index contributed by atoms with van der Waals surface area (Å²) in [5.74, 6) is -0.243. The number of hydrogen-bond donors (Lipinski definition) is 1. The molecular weight excluding hydrogens is 562 g/mol. The minimum atomic E-state index is -3.89. The molecule has 2 amide bonds. The van der Waals surface area contributed by atoms with Crippen LogP contribution in [0.25, 0.3) is 0 Å². The first kappa shape index (κ1) is 32.0. The summed E-state index contributed by atoms with van der Waals surface area (Å²) >= 11 is 6.21. The van der Waals surface area contributed by atoms with Crippen LogP contribution in [0, 0.1) is 6.92 Å². The molecule has 2 atom stereocenters. The summed E-state index contributed by atoms with van der Waals surface area (Å²) in [7, 11) is -2.34. The first-order valence-corrected chi connectivity index (χ1v) is 15.7. The second-order valence-electron chi connectivity index (χ2n) is 10.1. The molecule has 8 nitrogen and oxygen atoms in total. The van der Waals surface area contributed by atoms with Crippen LogP contribution in [0.5, 0.6) is 5.75 Å². The maximum atomic E-state index is 14.2. The molecule has 3 aromatic carbocycles. The van der Waals surface area contributed by atoms with Gasteiger partial charge in [0.1, 0.15) is 18.3 Å². The molecule has 3 rings (SSSR count). The molecule has 0 aliphatic rings. The largest absolute Gasteiger partial charge is 0.497 e. The number of halogens is 1. The molecule has 220 valence electrons. The number of amides is 2. The van der Waals surface area contributed by atoms with Crippen LogP contribution in [0.2, 0.25) is 5.02 Å². The number of benzene rings is 3. The summed E-state index contributed by atoms with van der Waals surface area (Å²) in [5.41, 5.74) is 2.54.